The van der Waals surface area contributed by atoms with Crippen LogP contribution in [0, 0.1) is 35.5 Å². The van der Waals surface area contributed by atoms with Gasteiger partial charge >= 0.3 is 5.97 Å². The second-order valence-electron chi connectivity index (χ2n) is 16.0. The van der Waals surface area contributed by atoms with Crippen molar-refractivity contribution < 1.29 is 44.9 Å². The van der Waals surface area contributed by atoms with Crippen molar-refractivity contribution >= 4 is 17.5 Å². The Hall–Kier alpha value is -1.95. The standard InChI is InChI=1S/C38H60N4O6/c1-4-40-32-19-27-10-6-5-9-26(27)18-28(32)22-47-36(46)38-35(45)31-12-8-7-11-30(31)34(44)37(38,48-38)20-29(21-43)24(2)13-14-25-15-16-41-33(17-25)42-23-39-3/h6,10,25-28,30-33,39-43H,4-5,7-9,11-23H2,1-3H3/p+3. The number of epoxide rings is 1. The summed E-state index contributed by atoms with van der Waals surface area (Å²) in [5, 5.41) is 21.1. The number of carbonyl (C=O) groups is 3. The lowest BCUT2D eigenvalue weighted by molar-refractivity contribution is -0.716. The molecule has 3 saturated carbocycles. The number of hydrogen-bond acceptors (Lipinski definition) is 7. The number of rotatable bonds is 14. The van der Waals surface area contributed by atoms with E-state index in [-0.39, 0.29) is 37.1 Å². The van der Waals surface area contributed by atoms with Crippen LogP contribution in [0.15, 0.2) is 23.3 Å². The molecule has 0 radical (unpaired) electrons. The van der Waals surface area contributed by atoms with Crippen molar-refractivity contribution in [3.8, 4) is 0 Å². The topological polar surface area (TPSA) is 155 Å². The number of quaternary nitrogens is 3. The largest absolute Gasteiger partial charge is 0.463 e. The number of esters is 1. The molecule has 8 N–H and O–H groups in total. The molecule has 10 unspecified atom stereocenters. The highest BCUT2D eigenvalue weighted by atomic mass is 16.7. The monoisotopic (exact) mass is 671 g/mol. The van der Waals surface area contributed by atoms with Gasteiger partial charge in [-0.3, -0.25) is 9.59 Å². The number of hydrogen-bond donors (Lipinski definition) is 5. The molecule has 5 fully saturated rings. The highest BCUT2D eigenvalue weighted by Gasteiger charge is 2.87. The fraction of sp³-hybridized carbons (Fsp3) is 0.816. The molecule has 268 valence electrons. The van der Waals surface area contributed by atoms with E-state index >= 15 is 0 Å². The molecular formula is C38H63N4O6+3. The third-order valence-corrected chi connectivity index (χ3v) is 13.1. The fourth-order valence-corrected chi connectivity index (χ4v) is 10.3. The number of nitrogens with two attached hydrogens (primary N) is 3. The van der Waals surface area contributed by atoms with Crippen LogP contribution >= 0.6 is 0 Å². The Labute approximate surface area is 287 Å². The minimum absolute atomic E-state index is 0.0823. The molecular weight excluding hydrogens is 608 g/mol. The van der Waals surface area contributed by atoms with Crippen LogP contribution in [0.1, 0.15) is 97.3 Å². The van der Waals surface area contributed by atoms with Gasteiger partial charge in [-0.1, -0.05) is 30.6 Å². The average Bonchev–Trinajstić information content (AvgIpc) is 3.82. The Balaban J connectivity index is 1.18. The van der Waals surface area contributed by atoms with Gasteiger partial charge in [0.2, 0.25) is 0 Å². The summed E-state index contributed by atoms with van der Waals surface area (Å²) in [5.74, 6) is -0.0120. The van der Waals surface area contributed by atoms with Crippen molar-refractivity contribution in [2.24, 2.45) is 35.5 Å². The lowest BCUT2D eigenvalue weighted by atomic mass is 9.60. The van der Waals surface area contributed by atoms with E-state index in [1.807, 2.05) is 6.92 Å². The maximum absolute atomic E-state index is 14.4. The average molecular weight is 672 g/mol. The van der Waals surface area contributed by atoms with Crippen LogP contribution < -0.4 is 21.3 Å². The maximum atomic E-state index is 14.4. The molecule has 0 aromatic carbocycles. The molecule has 2 aliphatic heterocycles. The van der Waals surface area contributed by atoms with E-state index in [9.17, 15) is 19.5 Å². The highest BCUT2D eigenvalue weighted by molar-refractivity contribution is 6.23. The van der Waals surface area contributed by atoms with Crippen molar-refractivity contribution in [2.75, 3.05) is 40.0 Å². The zero-order valence-electron chi connectivity index (χ0n) is 29.7. The Bertz CT molecular complexity index is 1250. The molecule has 0 aromatic rings. The number of allylic oxidation sites excluding steroid dienone is 3. The molecule has 48 heavy (non-hydrogen) atoms. The molecule has 0 aromatic heterocycles. The first-order chi connectivity index (χ1) is 23.3. The zero-order chi connectivity index (χ0) is 33.9. The van der Waals surface area contributed by atoms with Crippen LogP contribution in [0.3, 0.4) is 0 Å². The van der Waals surface area contributed by atoms with E-state index in [0.29, 0.717) is 42.8 Å². The molecule has 6 rings (SSSR count). The van der Waals surface area contributed by atoms with Crippen molar-refractivity contribution in [1.82, 2.24) is 5.32 Å². The summed E-state index contributed by atoms with van der Waals surface area (Å²) in [7, 11) is 2.07. The zero-order valence-corrected chi connectivity index (χ0v) is 29.7. The second kappa shape index (κ2) is 15.5. The molecule has 0 amide bonds. The molecule has 6 aliphatic rings. The number of nitrogens with one attached hydrogen (secondary N) is 1. The van der Waals surface area contributed by atoms with Gasteiger partial charge in [-0.2, -0.15) is 0 Å². The minimum Gasteiger partial charge on any atom is -0.463 e. The van der Waals surface area contributed by atoms with Crippen molar-refractivity contribution in [3.63, 3.8) is 0 Å². The molecule has 10 atom stereocenters. The van der Waals surface area contributed by atoms with Crippen LogP contribution in [0.2, 0.25) is 0 Å². The molecule has 4 aliphatic carbocycles. The Kier molecular flexibility index (Phi) is 11.6. The van der Waals surface area contributed by atoms with Crippen molar-refractivity contribution in [2.45, 2.75) is 121 Å². The molecule has 0 spiro atoms. The summed E-state index contributed by atoms with van der Waals surface area (Å²) in [6.07, 6.45) is 16.6. The number of fused-ring (bicyclic) bond motifs is 3. The number of ether oxygens (including phenoxy) is 2. The van der Waals surface area contributed by atoms with Gasteiger partial charge in [0, 0.05) is 37.0 Å². The van der Waals surface area contributed by atoms with Crippen LogP contribution in [-0.2, 0) is 23.9 Å². The Morgan fingerprint density at radius 1 is 1.12 bits per heavy atom. The number of aliphatic hydroxyl groups excluding tert-OH is 1. The summed E-state index contributed by atoms with van der Waals surface area (Å²) >= 11 is 0. The van der Waals surface area contributed by atoms with Gasteiger partial charge in [0.15, 0.2) is 17.2 Å². The number of aliphatic hydroxyl groups is 1. The summed E-state index contributed by atoms with van der Waals surface area (Å²) in [4.78, 5) is 42.9. The Morgan fingerprint density at radius 3 is 2.67 bits per heavy atom. The van der Waals surface area contributed by atoms with Gasteiger partial charge in [-0.15, -0.1) is 0 Å². The predicted octanol–water partition coefficient (Wildman–Crippen LogP) is 0.459. The normalized spacial score (nSPS) is 39.6. The van der Waals surface area contributed by atoms with Crippen LogP contribution in [-0.4, -0.2) is 86.1 Å². The summed E-state index contributed by atoms with van der Waals surface area (Å²) in [6.45, 7) is 7.18. The second-order valence-corrected chi connectivity index (χ2v) is 16.0. The predicted molar refractivity (Wildman–Crippen MR) is 180 cm³/mol. The Morgan fingerprint density at radius 2 is 1.92 bits per heavy atom. The minimum atomic E-state index is -1.88. The molecule has 10 heteroatoms. The van der Waals surface area contributed by atoms with Crippen molar-refractivity contribution in [3.05, 3.63) is 23.3 Å². The van der Waals surface area contributed by atoms with Gasteiger partial charge < -0.3 is 30.5 Å². The molecule has 2 heterocycles. The van der Waals surface area contributed by atoms with E-state index in [2.05, 4.69) is 47.4 Å². The molecule has 2 saturated heterocycles. The van der Waals surface area contributed by atoms with E-state index in [0.717, 1.165) is 88.7 Å². The summed E-state index contributed by atoms with van der Waals surface area (Å²) in [5.41, 5.74) is -1.69. The van der Waals surface area contributed by atoms with E-state index < -0.39 is 29.0 Å². The first kappa shape index (κ1) is 35.9. The quantitative estimate of drug-likeness (QED) is 0.0591. The highest BCUT2D eigenvalue weighted by Crippen LogP contribution is 2.62. The fourth-order valence-electron chi connectivity index (χ4n) is 10.3. The lowest BCUT2D eigenvalue weighted by Crippen LogP contribution is -2.97. The third kappa shape index (κ3) is 6.87. The number of piperidine rings is 1. The first-order valence-electron chi connectivity index (χ1n) is 19.4. The smallest absolute Gasteiger partial charge is 0.350 e. The third-order valence-electron chi connectivity index (χ3n) is 13.1. The SMILES string of the molecule is CC[NH2+]C1CC2C=CCCC2CC1COC(=O)C12OC1(CC(CO)=C(C)CCC1CC[NH2+]C(NC[NH2+]C)C1)C(=O)C1CCCCC1C2=O. The van der Waals surface area contributed by atoms with Gasteiger partial charge in [-0.25, -0.2) is 10.1 Å². The number of carbonyl (C=O) groups excluding carboxylic acids is 3. The van der Waals surface area contributed by atoms with E-state index in [1.165, 1.54) is 6.42 Å². The first-order valence-corrected chi connectivity index (χ1v) is 19.4. The van der Waals surface area contributed by atoms with Gasteiger partial charge in [0.1, 0.15) is 12.8 Å². The number of Topliss-reactive ketones (excluding diaryl/α,β-unsaturated/α-hetero) is 2. The lowest BCUT2D eigenvalue weighted by Gasteiger charge is -2.40. The van der Waals surface area contributed by atoms with Crippen LogP contribution in [0.25, 0.3) is 0 Å². The van der Waals surface area contributed by atoms with Gasteiger partial charge in [-0.05, 0) is 88.5 Å². The van der Waals surface area contributed by atoms with E-state index in [1.54, 1.807) is 0 Å². The van der Waals surface area contributed by atoms with Gasteiger partial charge in [0.05, 0.1) is 39.4 Å². The molecule has 10 nitrogen and oxygen atoms in total. The summed E-state index contributed by atoms with van der Waals surface area (Å²) in [6, 6.07) is 0.352. The van der Waals surface area contributed by atoms with Crippen LogP contribution in [0.4, 0.5) is 0 Å². The van der Waals surface area contributed by atoms with Crippen LogP contribution in [0.5, 0.6) is 0 Å². The van der Waals surface area contributed by atoms with E-state index in [4.69, 9.17) is 9.47 Å². The van der Waals surface area contributed by atoms with Gasteiger partial charge in [0.25, 0.3) is 5.60 Å². The maximum Gasteiger partial charge on any atom is 0.350 e. The molecule has 0 bridgehead atoms. The number of ketones is 2. The van der Waals surface area contributed by atoms with Crippen molar-refractivity contribution in [1.29, 1.82) is 0 Å². The summed E-state index contributed by atoms with van der Waals surface area (Å²) < 4.78 is 12.4.